The summed E-state index contributed by atoms with van der Waals surface area (Å²) in [5.74, 6) is 0.357. The van der Waals surface area contributed by atoms with Crippen LogP contribution in [-0.4, -0.2) is 30.4 Å². The molecule has 1 amide bonds. The zero-order chi connectivity index (χ0) is 12.3. The molecule has 1 fully saturated rings. The van der Waals surface area contributed by atoms with Crippen LogP contribution in [-0.2, 0) is 11.3 Å². The van der Waals surface area contributed by atoms with Crippen LogP contribution in [0.3, 0.4) is 0 Å². The monoisotopic (exact) mass is 288 g/mol. The molecule has 1 aromatic heterocycles. The second kappa shape index (κ2) is 7.12. The minimum Gasteiger partial charge on any atom is -0.334 e. The lowest BCUT2D eigenvalue weighted by atomic mass is 10.1. The number of nitrogens with zero attached hydrogens (tertiary/aromatic N) is 1. The number of rotatable bonds is 6. The molecular weight excluding hydrogens is 268 g/mol. The van der Waals surface area contributed by atoms with E-state index in [0.29, 0.717) is 6.04 Å². The van der Waals surface area contributed by atoms with Gasteiger partial charge in [-0.15, -0.1) is 23.7 Å². The van der Waals surface area contributed by atoms with Gasteiger partial charge in [0, 0.05) is 23.4 Å². The highest BCUT2D eigenvalue weighted by Crippen LogP contribution is 2.30. The molecule has 1 aliphatic carbocycles. The Hall–Kier alpha value is -0.580. The molecule has 1 aromatic rings. The molecule has 1 heterocycles. The van der Waals surface area contributed by atoms with E-state index in [1.54, 1.807) is 11.3 Å². The predicted octanol–water partition coefficient (Wildman–Crippen LogP) is 2.52. The van der Waals surface area contributed by atoms with Crippen LogP contribution in [0.1, 0.15) is 24.6 Å². The van der Waals surface area contributed by atoms with Gasteiger partial charge in [0.1, 0.15) is 0 Å². The molecule has 0 aliphatic heterocycles. The van der Waals surface area contributed by atoms with Crippen LogP contribution in [0.5, 0.6) is 0 Å². The van der Waals surface area contributed by atoms with E-state index in [0.717, 1.165) is 13.1 Å². The lowest BCUT2D eigenvalue weighted by molar-refractivity contribution is -0.136. The van der Waals surface area contributed by atoms with Crippen molar-refractivity contribution in [3.05, 3.63) is 22.4 Å². The Morgan fingerprint density at radius 2 is 2.33 bits per heavy atom. The summed E-state index contributed by atoms with van der Waals surface area (Å²) in [5.41, 5.74) is 0. The Kier molecular flexibility index (Phi) is 6.12. The van der Waals surface area contributed by atoms with Gasteiger partial charge < -0.3 is 10.2 Å². The average Bonchev–Trinajstić information content (AvgIpc) is 3.03. The topological polar surface area (TPSA) is 32.3 Å². The number of nitrogens with one attached hydrogen (secondary N) is 1. The minimum atomic E-state index is 0. The molecule has 1 atom stereocenters. The number of halogens is 1. The molecule has 2 rings (SSSR count). The van der Waals surface area contributed by atoms with Crippen molar-refractivity contribution in [1.82, 2.24) is 10.2 Å². The maximum atomic E-state index is 12.3. The fourth-order valence-electron chi connectivity index (χ4n) is 2.02. The van der Waals surface area contributed by atoms with Crippen molar-refractivity contribution >= 4 is 29.7 Å². The Balaban J connectivity index is 0.00000162. The molecule has 1 N–H and O–H groups in total. The van der Waals surface area contributed by atoms with Crippen LogP contribution in [0.25, 0.3) is 0 Å². The number of amides is 1. The molecule has 3 nitrogen and oxygen atoms in total. The molecule has 1 unspecified atom stereocenters. The van der Waals surface area contributed by atoms with Crippen molar-refractivity contribution in [2.45, 2.75) is 32.4 Å². The lowest BCUT2D eigenvalue weighted by Gasteiger charge is -2.25. The highest BCUT2D eigenvalue weighted by atomic mass is 35.5. The number of hydrogen-bond donors (Lipinski definition) is 1. The van der Waals surface area contributed by atoms with E-state index in [2.05, 4.69) is 21.7 Å². The third-order valence-corrected chi connectivity index (χ3v) is 3.97. The quantitative estimate of drug-likeness (QED) is 0.872. The number of carbonyl (C=O) groups excluding carboxylic acids is 1. The van der Waals surface area contributed by atoms with E-state index in [4.69, 9.17) is 0 Å². The molecule has 5 heteroatoms. The molecule has 0 saturated heterocycles. The van der Waals surface area contributed by atoms with Gasteiger partial charge >= 0.3 is 0 Å². The first-order chi connectivity index (χ1) is 8.22. The van der Waals surface area contributed by atoms with Gasteiger partial charge in [-0.1, -0.05) is 13.0 Å². The molecule has 1 saturated carbocycles. The van der Waals surface area contributed by atoms with Crippen LogP contribution < -0.4 is 5.32 Å². The van der Waals surface area contributed by atoms with Crippen LogP contribution in [0.2, 0.25) is 0 Å². The van der Waals surface area contributed by atoms with Gasteiger partial charge in [0.2, 0.25) is 5.91 Å². The van der Waals surface area contributed by atoms with Gasteiger partial charge in [-0.25, -0.2) is 0 Å². The third-order valence-electron chi connectivity index (χ3n) is 3.11. The average molecular weight is 289 g/mol. The normalized spacial score (nSPS) is 15.9. The largest absolute Gasteiger partial charge is 0.334 e. The maximum Gasteiger partial charge on any atom is 0.227 e. The molecule has 102 valence electrons. The van der Waals surface area contributed by atoms with Crippen molar-refractivity contribution in [3.63, 3.8) is 0 Å². The van der Waals surface area contributed by atoms with Crippen molar-refractivity contribution in [2.24, 2.45) is 5.92 Å². The summed E-state index contributed by atoms with van der Waals surface area (Å²) in [7, 11) is 1.89. The SMILES string of the molecule is CNCC(C)C(=O)N(Cc1cccs1)C1CC1.Cl. The van der Waals surface area contributed by atoms with Gasteiger partial charge in [0.15, 0.2) is 0 Å². The number of carbonyl (C=O) groups is 1. The van der Waals surface area contributed by atoms with Crippen molar-refractivity contribution in [2.75, 3.05) is 13.6 Å². The first-order valence-corrected chi connectivity index (χ1v) is 7.07. The highest BCUT2D eigenvalue weighted by molar-refractivity contribution is 7.09. The van der Waals surface area contributed by atoms with Gasteiger partial charge in [0.25, 0.3) is 0 Å². The lowest BCUT2D eigenvalue weighted by Crippen LogP contribution is -2.39. The zero-order valence-corrected chi connectivity index (χ0v) is 12.5. The maximum absolute atomic E-state index is 12.3. The summed E-state index contributed by atoms with van der Waals surface area (Å²) < 4.78 is 0. The summed E-state index contributed by atoms with van der Waals surface area (Å²) in [5, 5.41) is 5.15. The number of hydrogen-bond acceptors (Lipinski definition) is 3. The Morgan fingerprint density at radius 3 is 2.83 bits per heavy atom. The highest BCUT2D eigenvalue weighted by Gasteiger charge is 2.34. The number of thiophene rings is 1. The summed E-state index contributed by atoms with van der Waals surface area (Å²) >= 11 is 1.73. The Morgan fingerprint density at radius 1 is 1.61 bits per heavy atom. The predicted molar refractivity (Wildman–Crippen MR) is 78.2 cm³/mol. The van der Waals surface area contributed by atoms with Gasteiger partial charge in [-0.05, 0) is 31.3 Å². The van der Waals surface area contributed by atoms with Gasteiger partial charge in [-0.2, -0.15) is 0 Å². The zero-order valence-electron chi connectivity index (χ0n) is 10.9. The second-order valence-corrected chi connectivity index (χ2v) is 5.77. The van der Waals surface area contributed by atoms with Crippen molar-refractivity contribution in [3.8, 4) is 0 Å². The first-order valence-electron chi connectivity index (χ1n) is 6.20. The van der Waals surface area contributed by atoms with Crippen LogP contribution >= 0.6 is 23.7 Å². The summed E-state index contributed by atoms with van der Waals surface area (Å²) in [6, 6.07) is 4.65. The molecule has 0 radical (unpaired) electrons. The molecule has 0 spiro atoms. The van der Waals surface area contributed by atoms with E-state index in [9.17, 15) is 4.79 Å². The van der Waals surface area contributed by atoms with E-state index in [-0.39, 0.29) is 24.2 Å². The van der Waals surface area contributed by atoms with Crippen molar-refractivity contribution in [1.29, 1.82) is 0 Å². The summed E-state index contributed by atoms with van der Waals surface area (Å²) in [4.78, 5) is 15.7. The fourth-order valence-corrected chi connectivity index (χ4v) is 2.72. The first kappa shape index (κ1) is 15.5. The van der Waals surface area contributed by atoms with Crippen molar-refractivity contribution < 1.29 is 4.79 Å². The molecule has 0 bridgehead atoms. The van der Waals surface area contributed by atoms with E-state index >= 15 is 0 Å². The van der Waals surface area contributed by atoms with E-state index < -0.39 is 0 Å². The molecular formula is C13H21ClN2OS. The fraction of sp³-hybridized carbons (Fsp3) is 0.615. The van der Waals surface area contributed by atoms with Crippen LogP contribution in [0, 0.1) is 5.92 Å². The van der Waals surface area contributed by atoms with E-state index in [1.807, 2.05) is 20.0 Å². The summed E-state index contributed by atoms with van der Waals surface area (Å²) in [6.45, 7) is 3.55. The summed E-state index contributed by atoms with van der Waals surface area (Å²) in [6.07, 6.45) is 2.34. The molecule has 0 aromatic carbocycles. The van der Waals surface area contributed by atoms with Crippen LogP contribution in [0.15, 0.2) is 17.5 Å². The molecule has 18 heavy (non-hydrogen) atoms. The standard InChI is InChI=1S/C13H20N2OS.ClH/c1-10(8-14-2)13(16)15(11-5-6-11)9-12-4-3-7-17-12;/h3-4,7,10-11,14H,5-6,8-9H2,1-2H3;1H. The Bertz CT molecular complexity index is 365. The second-order valence-electron chi connectivity index (χ2n) is 4.74. The minimum absolute atomic E-state index is 0. The van der Waals surface area contributed by atoms with Gasteiger partial charge in [0.05, 0.1) is 6.54 Å². The Labute approximate surface area is 119 Å². The molecule has 1 aliphatic rings. The third kappa shape index (κ3) is 3.97. The smallest absolute Gasteiger partial charge is 0.227 e. The van der Waals surface area contributed by atoms with Crippen LogP contribution in [0.4, 0.5) is 0 Å². The van der Waals surface area contributed by atoms with E-state index in [1.165, 1.54) is 17.7 Å². The van der Waals surface area contributed by atoms with Gasteiger partial charge in [-0.3, -0.25) is 4.79 Å².